The van der Waals surface area contributed by atoms with Crippen LogP contribution in [0.5, 0.6) is 0 Å². The van der Waals surface area contributed by atoms with Crippen molar-refractivity contribution in [3.8, 4) is 0 Å². The fourth-order valence-electron chi connectivity index (χ4n) is 1.28. The van der Waals surface area contributed by atoms with E-state index in [4.69, 9.17) is 10.3 Å². The van der Waals surface area contributed by atoms with E-state index in [0.29, 0.717) is 24.8 Å². The van der Waals surface area contributed by atoms with Crippen molar-refractivity contribution in [2.24, 2.45) is 5.73 Å². The van der Waals surface area contributed by atoms with E-state index >= 15 is 0 Å². The van der Waals surface area contributed by atoms with Gasteiger partial charge < -0.3 is 14.8 Å². The molecule has 2 aromatic rings. The Labute approximate surface area is 81.5 Å². The Hall–Kier alpha value is -1.62. The molecule has 0 saturated carbocycles. The first-order chi connectivity index (χ1) is 6.78. The summed E-state index contributed by atoms with van der Waals surface area (Å²) in [4.78, 5) is 4.11. The van der Waals surface area contributed by atoms with Crippen molar-refractivity contribution in [1.82, 2.24) is 14.7 Å². The lowest BCUT2D eigenvalue weighted by atomic mass is 10.3. The summed E-state index contributed by atoms with van der Waals surface area (Å²) in [5.74, 6) is 1.27. The Morgan fingerprint density at radius 2 is 2.43 bits per heavy atom. The van der Waals surface area contributed by atoms with E-state index in [9.17, 15) is 0 Å². The van der Waals surface area contributed by atoms with Crippen molar-refractivity contribution >= 4 is 0 Å². The summed E-state index contributed by atoms with van der Waals surface area (Å²) < 4.78 is 6.85. The maximum absolute atomic E-state index is 5.50. The first-order valence-electron chi connectivity index (χ1n) is 4.42. The number of nitrogens with zero attached hydrogens (tertiary/aromatic N) is 3. The zero-order valence-corrected chi connectivity index (χ0v) is 7.97. The van der Waals surface area contributed by atoms with Crippen LogP contribution >= 0.6 is 0 Å². The maximum atomic E-state index is 5.50. The van der Waals surface area contributed by atoms with E-state index in [1.807, 2.05) is 23.0 Å². The minimum Gasteiger partial charge on any atom is -0.346 e. The molecule has 0 aliphatic rings. The van der Waals surface area contributed by atoms with E-state index in [2.05, 4.69) is 10.1 Å². The summed E-state index contributed by atoms with van der Waals surface area (Å²) >= 11 is 0. The third-order valence-electron chi connectivity index (χ3n) is 1.94. The molecule has 0 aromatic carbocycles. The molecule has 0 saturated heterocycles. The second-order valence-corrected chi connectivity index (χ2v) is 3.13. The molecular formula is C9H12N4O. The van der Waals surface area contributed by atoms with Gasteiger partial charge in [0.15, 0.2) is 5.82 Å². The van der Waals surface area contributed by atoms with E-state index in [-0.39, 0.29) is 0 Å². The molecule has 14 heavy (non-hydrogen) atoms. The summed E-state index contributed by atoms with van der Waals surface area (Å²) in [6.07, 6.45) is 3.93. The topological polar surface area (TPSA) is 69.9 Å². The highest BCUT2D eigenvalue weighted by Crippen LogP contribution is 2.03. The zero-order chi connectivity index (χ0) is 9.97. The van der Waals surface area contributed by atoms with E-state index < -0.39 is 0 Å². The molecule has 0 unspecified atom stereocenters. The van der Waals surface area contributed by atoms with Crippen molar-refractivity contribution in [3.63, 3.8) is 0 Å². The van der Waals surface area contributed by atoms with Crippen molar-refractivity contribution < 1.29 is 4.52 Å². The van der Waals surface area contributed by atoms with Gasteiger partial charge in [-0.2, -0.15) is 4.98 Å². The Morgan fingerprint density at radius 3 is 3.00 bits per heavy atom. The van der Waals surface area contributed by atoms with Gasteiger partial charge in [-0.3, -0.25) is 0 Å². The van der Waals surface area contributed by atoms with E-state index in [1.165, 1.54) is 0 Å². The van der Waals surface area contributed by atoms with Crippen LogP contribution in [-0.2, 0) is 13.1 Å². The molecule has 5 nitrogen and oxygen atoms in total. The highest BCUT2D eigenvalue weighted by atomic mass is 16.5. The summed E-state index contributed by atoms with van der Waals surface area (Å²) in [5, 5.41) is 3.81. The standard InChI is InChI=1S/C9H12N4O/c1-7-11-9(12-14-7)6-13-3-2-8(4-10)5-13/h2-3,5H,4,6,10H2,1H3. The number of aryl methyl sites for hydroxylation is 1. The van der Waals surface area contributed by atoms with Crippen molar-refractivity contribution in [2.75, 3.05) is 0 Å². The third kappa shape index (κ3) is 1.82. The minimum atomic E-state index is 0.554. The molecule has 0 aliphatic heterocycles. The molecular weight excluding hydrogens is 180 g/mol. The molecule has 2 N–H and O–H groups in total. The minimum absolute atomic E-state index is 0.554. The molecule has 0 radical (unpaired) electrons. The summed E-state index contributed by atoms with van der Waals surface area (Å²) in [6.45, 7) is 2.95. The van der Waals surface area contributed by atoms with Crippen LogP contribution < -0.4 is 5.73 Å². The van der Waals surface area contributed by atoms with E-state index in [0.717, 1.165) is 5.56 Å². The lowest BCUT2D eigenvalue weighted by molar-refractivity contribution is 0.386. The van der Waals surface area contributed by atoms with Gasteiger partial charge in [-0.15, -0.1) is 0 Å². The van der Waals surface area contributed by atoms with Gasteiger partial charge in [-0.1, -0.05) is 5.16 Å². The van der Waals surface area contributed by atoms with Crippen molar-refractivity contribution in [1.29, 1.82) is 0 Å². The molecule has 2 rings (SSSR count). The van der Waals surface area contributed by atoms with Crippen molar-refractivity contribution in [3.05, 3.63) is 35.7 Å². The van der Waals surface area contributed by atoms with Crippen LogP contribution in [0.15, 0.2) is 23.0 Å². The average Bonchev–Trinajstić information content (AvgIpc) is 2.76. The lowest BCUT2D eigenvalue weighted by Gasteiger charge is -1.95. The maximum Gasteiger partial charge on any atom is 0.223 e. The third-order valence-corrected chi connectivity index (χ3v) is 1.94. The first kappa shape index (κ1) is 8.96. The first-order valence-corrected chi connectivity index (χ1v) is 4.42. The van der Waals surface area contributed by atoms with Gasteiger partial charge in [-0.25, -0.2) is 0 Å². The largest absolute Gasteiger partial charge is 0.346 e. The highest BCUT2D eigenvalue weighted by molar-refractivity contribution is 5.10. The Morgan fingerprint density at radius 1 is 1.57 bits per heavy atom. The number of hydrogen-bond acceptors (Lipinski definition) is 4. The van der Waals surface area contributed by atoms with Gasteiger partial charge >= 0.3 is 0 Å². The van der Waals surface area contributed by atoms with Gasteiger partial charge in [0.1, 0.15) is 0 Å². The quantitative estimate of drug-likeness (QED) is 0.776. The van der Waals surface area contributed by atoms with Gasteiger partial charge in [0.05, 0.1) is 6.54 Å². The molecule has 0 aliphatic carbocycles. The van der Waals surface area contributed by atoms with Crippen LogP contribution in [0.1, 0.15) is 17.3 Å². The summed E-state index contributed by atoms with van der Waals surface area (Å²) in [6, 6.07) is 1.98. The molecule has 0 amide bonds. The lowest BCUT2D eigenvalue weighted by Crippen LogP contribution is -1.99. The average molecular weight is 192 g/mol. The predicted molar refractivity (Wildman–Crippen MR) is 50.5 cm³/mol. The van der Waals surface area contributed by atoms with Gasteiger partial charge in [0.2, 0.25) is 5.89 Å². The number of rotatable bonds is 3. The second-order valence-electron chi connectivity index (χ2n) is 3.13. The molecule has 0 atom stereocenters. The second kappa shape index (κ2) is 3.63. The molecule has 74 valence electrons. The smallest absolute Gasteiger partial charge is 0.223 e. The van der Waals surface area contributed by atoms with Crippen molar-refractivity contribution in [2.45, 2.75) is 20.0 Å². The molecule has 5 heteroatoms. The van der Waals surface area contributed by atoms with Gasteiger partial charge in [0.25, 0.3) is 0 Å². The Kier molecular flexibility index (Phi) is 2.32. The van der Waals surface area contributed by atoms with Gasteiger partial charge in [0, 0.05) is 25.9 Å². The molecule has 0 bridgehead atoms. The summed E-state index contributed by atoms with van der Waals surface area (Å²) in [5.41, 5.74) is 6.60. The zero-order valence-electron chi connectivity index (χ0n) is 7.97. The van der Waals surface area contributed by atoms with Crippen LogP contribution in [-0.4, -0.2) is 14.7 Å². The van der Waals surface area contributed by atoms with Crippen LogP contribution in [0.25, 0.3) is 0 Å². The summed E-state index contributed by atoms with van der Waals surface area (Å²) in [7, 11) is 0. The fraction of sp³-hybridized carbons (Fsp3) is 0.333. The van der Waals surface area contributed by atoms with E-state index in [1.54, 1.807) is 6.92 Å². The van der Waals surface area contributed by atoms with Crippen LogP contribution in [0.4, 0.5) is 0 Å². The molecule has 0 spiro atoms. The van der Waals surface area contributed by atoms with Crippen LogP contribution in [0, 0.1) is 6.92 Å². The Balaban J connectivity index is 2.10. The highest BCUT2D eigenvalue weighted by Gasteiger charge is 2.02. The predicted octanol–water partition coefficient (Wildman–Crippen LogP) is 0.687. The molecule has 2 aromatic heterocycles. The Bertz CT molecular complexity index is 418. The normalized spacial score (nSPS) is 10.7. The molecule has 2 heterocycles. The van der Waals surface area contributed by atoms with Crippen LogP contribution in [0.3, 0.4) is 0 Å². The van der Waals surface area contributed by atoms with Crippen LogP contribution in [0.2, 0.25) is 0 Å². The number of aromatic nitrogens is 3. The SMILES string of the molecule is Cc1nc(Cn2ccc(CN)c2)no1. The fourth-order valence-corrected chi connectivity index (χ4v) is 1.28. The monoisotopic (exact) mass is 192 g/mol. The number of nitrogens with two attached hydrogens (primary N) is 1. The molecule has 0 fully saturated rings. The number of hydrogen-bond donors (Lipinski definition) is 1. The van der Waals surface area contributed by atoms with Gasteiger partial charge in [-0.05, 0) is 11.6 Å².